The van der Waals surface area contributed by atoms with Crippen molar-refractivity contribution < 1.29 is 0 Å². The van der Waals surface area contributed by atoms with E-state index >= 15 is 0 Å². The summed E-state index contributed by atoms with van der Waals surface area (Å²) in [7, 11) is 0. The molecular formula is C6H14N2S. The van der Waals surface area contributed by atoms with E-state index in [1.165, 1.54) is 11.8 Å². The molecule has 0 atom stereocenters. The number of thioether (sulfide) groups is 1. The van der Waals surface area contributed by atoms with Gasteiger partial charge in [-0.25, -0.2) is 0 Å². The molecule has 2 nitrogen and oxygen atoms in total. The van der Waals surface area contributed by atoms with Crippen LogP contribution in [0.2, 0.25) is 0 Å². The summed E-state index contributed by atoms with van der Waals surface area (Å²) in [6.07, 6.45) is 1.90. The van der Waals surface area contributed by atoms with E-state index in [-0.39, 0.29) is 0 Å². The lowest BCUT2D eigenvalue weighted by Gasteiger charge is -2.06. The molecule has 0 aliphatic carbocycles. The Kier molecular flexibility index (Phi) is 4.58. The highest BCUT2D eigenvalue weighted by Gasteiger charge is 1.93. The highest BCUT2D eigenvalue weighted by atomic mass is 32.2. The van der Waals surface area contributed by atoms with Gasteiger partial charge in [-0.3, -0.25) is 5.41 Å². The monoisotopic (exact) mass is 146 g/mol. The van der Waals surface area contributed by atoms with Gasteiger partial charge in [-0.1, -0.05) is 25.6 Å². The van der Waals surface area contributed by atoms with E-state index in [0.717, 1.165) is 6.54 Å². The number of hydrogen-bond donors (Lipinski definition) is 2. The molecule has 0 spiro atoms. The minimum atomic E-state index is 0.559. The van der Waals surface area contributed by atoms with E-state index in [1.54, 1.807) is 0 Å². The standard InChI is InChI=1S/C6H14N2S/c1-5(2)4-8-6(7)9-3/h5H,4H2,1-3H3,(H2,7,8). The SMILES string of the molecule is CSC(=N)NCC(C)C. The highest BCUT2D eigenvalue weighted by Crippen LogP contribution is 1.93. The largest absolute Gasteiger partial charge is 0.365 e. The van der Waals surface area contributed by atoms with Crippen molar-refractivity contribution >= 4 is 16.9 Å². The van der Waals surface area contributed by atoms with Crippen molar-refractivity contribution in [2.24, 2.45) is 5.92 Å². The molecule has 0 aromatic rings. The topological polar surface area (TPSA) is 35.9 Å². The zero-order valence-electron chi connectivity index (χ0n) is 6.19. The second kappa shape index (κ2) is 4.68. The van der Waals surface area contributed by atoms with E-state index in [2.05, 4.69) is 19.2 Å². The van der Waals surface area contributed by atoms with Gasteiger partial charge in [-0.15, -0.1) is 0 Å². The van der Waals surface area contributed by atoms with Crippen LogP contribution in [0.3, 0.4) is 0 Å². The lowest BCUT2D eigenvalue weighted by molar-refractivity contribution is 0.627. The van der Waals surface area contributed by atoms with Crippen LogP contribution < -0.4 is 5.32 Å². The Hall–Kier alpha value is -0.180. The van der Waals surface area contributed by atoms with Crippen molar-refractivity contribution in [3.05, 3.63) is 0 Å². The lowest BCUT2D eigenvalue weighted by Crippen LogP contribution is -2.23. The molecule has 0 aromatic carbocycles. The predicted molar refractivity (Wildman–Crippen MR) is 44.1 cm³/mol. The summed E-state index contributed by atoms with van der Waals surface area (Å²) in [6.45, 7) is 5.15. The maximum Gasteiger partial charge on any atom is 0.153 e. The first-order valence-corrected chi connectivity index (χ1v) is 4.25. The first-order chi connectivity index (χ1) is 4.16. The summed E-state index contributed by atoms with van der Waals surface area (Å²) in [6, 6.07) is 0. The summed E-state index contributed by atoms with van der Waals surface area (Å²) < 4.78 is 0. The molecule has 0 unspecified atom stereocenters. The summed E-state index contributed by atoms with van der Waals surface area (Å²) in [5.41, 5.74) is 0. The van der Waals surface area contributed by atoms with Crippen molar-refractivity contribution in [2.75, 3.05) is 12.8 Å². The van der Waals surface area contributed by atoms with Gasteiger partial charge < -0.3 is 5.32 Å². The molecule has 0 rings (SSSR count). The van der Waals surface area contributed by atoms with E-state index < -0.39 is 0 Å². The van der Waals surface area contributed by atoms with Crippen LogP contribution in [-0.2, 0) is 0 Å². The highest BCUT2D eigenvalue weighted by molar-refractivity contribution is 8.13. The molecule has 2 N–H and O–H groups in total. The molecule has 54 valence electrons. The molecule has 0 aliphatic heterocycles. The average molecular weight is 146 g/mol. The van der Waals surface area contributed by atoms with Crippen molar-refractivity contribution in [3.8, 4) is 0 Å². The number of amidine groups is 1. The molecule has 9 heavy (non-hydrogen) atoms. The third-order valence-corrected chi connectivity index (χ3v) is 1.43. The average Bonchev–Trinajstić information content (AvgIpc) is 1.83. The van der Waals surface area contributed by atoms with Crippen molar-refractivity contribution in [2.45, 2.75) is 13.8 Å². The van der Waals surface area contributed by atoms with Gasteiger partial charge >= 0.3 is 0 Å². The molecule has 0 radical (unpaired) electrons. The molecule has 0 saturated heterocycles. The number of hydrogen-bond acceptors (Lipinski definition) is 2. The van der Waals surface area contributed by atoms with Crippen LogP contribution in [0.5, 0.6) is 0 Å². The van der Waals surface area contributed by atoms with E-state index in [9.17, 15) is 0 Å². The maximum absolute atomic E-state index is 7.18. The molecule has 0 heterocycles. The molecule has 0 aliphatic rings. The predicted octanol–water partition coefficient (Wildman–Crippen LogP) is 1.53. The van der Waals surface area contributed by atoms with Gasteiger partial charge in [0.1, 0.15) is 0 Å². The Labute approximate surface area is 60.9 Å². The molecule has 3 heteroatoms. The zero-order chi connectivity index (χ0) is 7.28. The maximum atomic E-state index is 7.18. The molecule has 0 fully saturated rings. The second-order valence-electron chi connectivity index (χ2n) is 2.31. The fourth-order valence-corrected chi connectivity index (χ4v) is 0.597. The third-order valence-electron chi connectivity index (χ3n) is 0.875. The van der Waals surface area contributed by atoms with Gasteiger partial charge in [-0.2, -0.15) is 0 Å². The number of nitrogens with one attached hydrogen (secondary N) is 2. The van der Waals surface area contributed by atoms with Gasteiger partial charge in [-0.05, 0) is 12.2 Å². The van der Waals surface area contributed by atoms with Crippen LogP contribution in [0.25, 0.3) is 0 Å². The van der Waals surface area contributed by atoms with Gasteiger partial charge in [0.2, 0.25) is 0 Å². The normalized spacial score (nSPS) is 9.78. The molecule has 0 bridgehead atoms. The van der Waals surface area contributed by atoms with Crippen LogP contribution in [-0.4, -0.2) is 18.0 Å². The van der Waals surface area contributed by atoms with Gasteiger partial charge in [0.15, 0.2) is 5.17 Å². The zero-order valence-corrected chi connectivity index (χ0v) is 7.01. The van der Waals surface area contributed by atoms with Crippen LogP contribution in [0, 0.1) is 11.3 Å². The van der Waals surface area contributed by atoms with E-state index in [4.69, 9.17) is 5.41 Å². The summed E-state index contributed by atoms with van der Waals surface area (Å²) >= 11 is 1.44. The van der Waals surface area contributed by atoms with E-state index in [0.29, 0.717) is 11.1 Å². The van der Waals surface area contributed by atoms with Gasteiger partial charge in [0, 0.05) is 6.54 Å². The minimum Gasteiger partial charge on any atom is -0.365 e. The Balaban J connectivity index is 3.17. The Morgan fingerprint density at radius 3 is 2.56 bits per heavy atom. The fraction of sp³-hybridized carbons (Fsp3) is 0.833. The fourth-order valence-electron chi connectivity index (χ4n) is 0.369. The van der Waals surface area contributed by atoms with Crippen LogP contribution in [0.1, 0.15) is 13.8 Å². The molecule has 0 saturated carbocycles. The van der Waals surface area contributed by atoms with Crippen LogP contribution in [0.15, 0.2) is 0 Å². The number of rotatable bonds is 2. The summed E-state index contributed by atoms with van der Waals surface area (Å²) in [5, 5.41) is 10.7. The first-order valence-electron chi connectivity index (χ1n) is 3.03. The van der Waals surface area contributed by atoms with Crippen molar-refractivity contribution in [1.29, 1.82) is 5.41 Å². The minimum absolute atomic E-state index is 0.559. The van der Waals surface area contributed by atoms with Crippen LogP contribution >= 0.6 is 11.8 Å². The molecule has 0 amide bonds. The van der Waals surface area contributed by atoms with E-state index in [1.807, 2.05) is 6.26 Å². The second-order valence-corrected chi connectivity index (χ2v) is 3.12. The Bertz CT molecular complexity index is 91.1. The van der Waals surface area contributed by atoms with Crippen LogP contribution in [0.4, 0.5) is 0 Å². The lowest BCUT2D eigenvalue weighted by atomic mass is 10.2. The Morgan fingerprint density at radius 1 is 1.67 bits per heavy atom. The summed E-state index contributed by atoms with van der Waals surface area (Å²) in [4.78, 5) is 0. The summed E-state index contributed by atoms with van der Waals surface area (Å²) in [5.74, 6) is 0.623. The van der Waals surface area contributed by atoms with Gasteiger partial charge in [0.05, 0.1) is 0 Å². The first kappa shape index (κ1) is 8.82. The van der Waals surface area contributed by atoms with Crippen molar-refractivity contribution in [1.82, 2.24) is 5.32 Å². The quantitative estimate of drug-likeness (QED) is 0.458. The smallest absolute Gasteiger partial charge is 0.153 e. The van der Waals surface area contributed by atoms with Gasteiger partial charge in [0.25, 0.3) is 0 Å². The molecule has 0 aromatic heterocycles. The Morgan fingerprint density at radius 2 is 2.22 bits per heavy atom. The van der Waals surface area contributed by atoms with Crippen molar-refractivity contribution in [3.63, 3.8) is 0 Å². The third kappa shape index (κ3) is 5.69. The molecular weight excluding hydrogens is 132 g/mol.